The Balaban J connectivity index is 1.77. The molecule has 33 heavy (non-hydrogen) atoms. The van der Waals surface area contributed by atoms with Gasteiger partial charge in [-0.05, 0) is 43.5 Å². The van der Waals surface area contributed by atoms with E-state index in [1.54, 1.807) is 0 Å². The van der Waals surface area contributed by atoms with Crippen molar-refractivity contribution in [2.24, 2.45) is 5.14 Å². The molecule has 4 rings (SSSR count). The Bertz CT molecular complexity index is 1300. The van der Waals surface area contributed by atoms with Crippen LogP contribution in [0.4, 0.5) is 18.9 Å². The Hall–Kier alpha value is -2.96. The van der Waals surface area contributed by atoms with Crippen LogP contribution in [-0.2, 0) is 27.5 Å². The molecule has 0 aliphatic carbocycles. The number of nitrogens with two attached hydrogens (primary N) is 1. The molecule has 1 unspecified atom stereocenters. The van der Waals surface area contributed by atoms with Crippen LogP contribution in [-0.4, -0.2) is 36.8 Å². The minimum Gasteiger partial charge on any atom is -0.376 e. The summed E-state index contributed by atoms with van der Waals surface area (Å²) in [5.41, 5.74) is -1.25. The van der Waals surface area contributed by atoms with Crippen LogP contribution in [0.25, 0.3) is 10.9 Å². The Morgan fingerprint density at radius 3 is 2.64 bits per heavy atom. The highest BCUT2D eigenvalue weighted by Crippen LogP contribution is 2.35. The molecule has 0 spiro atoms. The molecule has 1 aromatic heterocycles. The lowest BCUT2D eigenvalue weighted by atomic mass is 10.1. The molecule has 8 nitrogen and oxygen atoms in total. The minimum absolute atomic E-state index is 0.0285. The molecule has 1 fully saturated rings. The zero-order valence-corrected chi connectivity index (χ0v) is 18.1. The summed E-state index contributed by atoms with van der Waals surface area (Å²) in [6.07, 6.45) is -2.46. The third kappa shape index (κ3) is 5.02. The summed E-state index contributed by atoms with van der Waals surface area (Å²) in [5.74, 6) is -0.737. The fraction of sp³-hybridized carbons (Fsp3) is 0.333. The number of hydrogen-bond donors (Lipinski definition) is 2. The van der Waals surface area contributed by atoms with E-state index >= 15 is 0 Å². The molecule has 1 atom stereocenters. The van der Waals surface area contributed by atoms with E-state index in [4.69, 9.17) is 9.88 Å². The van der Waals surface area contributed by atoms with Crippen molar-refractivity contribution < 1.29 is 31.1 Å². The van der Waals surface area contributed by atoms with Crippen molar-refractivity contribution in [2.45, 2.75) is 43.0 Å². The number of nitrogens with one attached hydrogen (secondary N) is 1. The van der Waals surface area contributed by atoms with Crippen LogP contribution in [0.15, 0.2) is 47.4 Å². The number of amides is 1. The highest BCUT2D eigenvalue weighted by Gasteiger charge is 2.35. The summed E-state index contributed by atoms with van der Waals surface area (Å²) < 4.78 is 70.9. The minimum atomic E-state index is -4.66. The maximum atomic E-state index is 13.6. The number of primary sulfonamides is 1. The molecule has 2 heterocycles. The van der Waals surface area contributed by atoms with Gasteiger partial charge in [0.1, 0.15) is 11.2 Å². The highest BCUT2D eigenvalue weighted by molar-refractivity contribution is 7.89. The van der Waals surface area contributed by atoms with E-state index in [1.807, 2.05) is 0 Å². The number of fused-ring (bicyclic) bond motifs is 1. The number of nitrogens with zero attached hydrogens (tertiary/aromatic N) is 2. The van der Waals surface area contributed by atoms with Gasteiger partial charge in [-0.2, -0.15) is 18.3 Å². The van der Waals surface area contributed by atoms with Crippen molar-refractivity contribution in [3.63, 3.8) is 0 Å². The zero-order valence-electron chi connectivity index (χ0n) is 17.3. The SMILES string of the molecule is NS(=O)(=O)c1cccc(NC(=O)c2c3cccc(C(F)(F)F)c3nn2CC2CCCCO2)c1. The molecule has 0 saturated carbocycles. The molecule has 176 valence electrons. The molecule has 1 aliphatic heterocycles. The van der Waals surface area contributed by atoms with Gasteiger partial charge in [0.2, 0.25) is 10.0 Å². The van der Waals surface area contributed by atoms with Crippen molar-refractivity contribution in [2.75, 3.05) is 11.9 Å². The first-order chi connectivity index (χ1) is 15.5. The number of ether oxygens (including phenoxy) is 1. The van der Waals surface area contributed by atoms with Crippen LogP contribution < -0.4 is 10.5 Å². The number of anilines is 1. The second kappa shape index (κ2) is 8.76. The van der Waals surface area contributed by atoms with Crippen molar-refractivity contribution >= 4 is 32.5 Å². The second-order valence-corrected chi connectivity index (χ2v) is 9.31. The lowest BCUT2D eigenvalue weighted by molar-refractivity contribution is -0.136. The van der Waals surface area contributed by atoms with E-state index in [1.165, 1.54) is 41.1 Å². The molecule has 3 N–H and O–H groups in total. The first-order valence-electron chi connectivity index (χ1n) is 10.2. The molecular weight excluding hydrogens is 461 g/mol. The molecule has 2 aromatic carbocycles. The van der Waals surface area contributed by atoms with Crippen LogP contribution in [0.5, 0.6) is 0 Å². The summed E-state index contributed by atoms with van der Waals surface area (Å²) in [7, 11) is -4.01. The number of carbonyl (C=O) groups excluding carboxylic acids is 1. The van der Waals surface area contributed by atoms with Crippen molar-refractivity contribution in [3.05, 3.63) is 53.7 Å². The van der Waals surface area contributed by atoms with Gasteiger partial charge < -0.3 is 10.1 Å². The number of aromatic nitrogens is 2. The number of hydrogen-bond acceptors (Lipinski definition) is 5. The fourth-order valence-corrected chi connectivity index (χ4v) is 4.40. The molecular formula is C21H21F3N4O4S. The van der Waals surface area contributed by atoms with Crippen molar-refractivity contribution in [1.82, 2.24) is 9.78 Å². The average molecular weight is 482 g/mol. The number of benzene rings is 2. The predicted octanol–water partition coefficient (Wildman–Crippen LogP) is 3.52. The summed E-state index contributed by atoms with van der Waals surface area (Å²) in [5, 5.41) is 11.8. The maximum absolute atomic E-state index is 13.6. The number of rotatable bonds is 5. The molecule has 3 aromatic rings. The van der Waals surface area contributed by atoms with Crippen molar-refractivity contribution in [1.29, 1.82) is 0 Å². The van der Waals surface area contributed by atoms with Crippen LogP contribution in [0.3, 0.4) is 0 Å². The van der Waals surface area contributed by atoms with Gasteiger partial charge >= 0.3 is 6.18 Å². The zero-order chi connectivity index (χ0) is 23.8. The van der Waals surface area contributed by atoms with Gasteiger partial charge in [-0.25, -0.2) is 13.6 Å². The summed E-state index contributed by atoms with van der Waals surface area (Å²) in [6.45, 7) is 0.632. The third-order valence-electron chi connectivity index (χ3n) is 5.36. The van der Waals surface area contributed by atoms with Crippen LogP contribution in [0, 0.1) is 0 Å². The van der Waals surface area contributed by atoms with Gasteiger partial charge in [-0.1, -0.05) is 18.2 Å². The van der Waals surface area contributed by atoms with Gasteiger partial charge in [0.05, 0.1) is 23.1 Å². The summed E-state index contributed by atoms with van der Waals surface area (Å²) in [4.78, 5) is 13.0. The molecule has 1 aliphatic rings. The van der Waals surface area contributed by atoms with Crippen LogP contribution in [0.1, 0.15) is 35.3 Å². The van der Waals surface area contributed by atoms with E-state index in [-0.39, 0.29) is 39.8 Å². The predicted molar refractivity (Wildman–Crippen MR) is 114 cm³/mol. The normalized spacial score (nSPS) is 17.3. The highest BCUT2D eigenvalue weighted by atomic mass is 32.2. The van der Waals surface area contributed by atoms with Crippen molar-refractivity contribution in [3.8, 4) is 0 Å². The largest absolute Gasteiger partial charge is 0.418 e. The molecule has 1 saturated heterocycles. The number of sulfonamides is 1. The first kappa shape index (κ1) is 23.2. The second-order valence-electron chi connectivity index (χ2n) is 7.75. The Morgan fingerprint density at radius 2 is 1.97 bits per heavy atom. The van der Waals surface area contributed by atoms with Crippen LogP contribution in [0.2, 0.25) is 0 Å². The Morgan fingerprint density at radius 1 is 1.21 bits per heavy atom. The van der Waals surface area contributed by atoms with Gasteiger partial charge in [0.25, 0.3) is 5.91 Å². The third-order valence-corrected chi connectivity index (χ3v) is 6.27. The van der Waals surface area contributed by atoms with Gasteiger partial charge in [-0.3, -0.25) is 9.48 Å². The molecule has 0 radical (unpaired) electrons. The van der Waals surface area contributed by atoms with Gasteiger partial charge in [-0.15, -0.1) is 0 Å². The van der Waals surface area contributed by atoms with Gasteiger partial charge in [0.15, 0.2) is 0 Å². The van der Waals surface area contributed by atoms with E-state index in [2.05, 4.69) is 10.4 Å². The van der Waals surface area contributed by atoms with E-state index < -0.39 is 27.7 Å². The topological polar surface area (TPSA) is 116 Å². The standard InChI is InChI=1S/C21H21F3N4O4S/c22-21(23,24)17-9-4-8-16-18(17)27-28(12-14-6-1-2-10-32-14)19(16)20(29)26-13-5-3-7-15(11-13)33(25,30)31/h3-5,7-9,11,14H,1-2,6,10,12H2,(H,26,29)(H2,25,30,31). The Labute approximate surface area is 187 Å². The fourth-order valence-electron chi connectivity index (χ4n) is 3.84. The lowest BCUT2D eigenvalue weighted by Crippen LogP contribution is -2.28. The molecule has 1 amide bonds. The Kier molecular flexibility index (Phi) is 6.16. The monoisotopic (exact) mass is 482 g/mol. The lowest BCUT2D eigenvalue weighted by Gasteiger charge is -2.23. The van der Waals surface area contributed by atoms with Gasteiger partial charge in [0, 0.05) is 17.7 Å². The summed E-state index contributed by atoms with van der Waals surface area (Å²) >= 11 is 0. The smallest absolute Gasteiger partial charge is 0.376 e. The quantitative estimate of drug-likeness (QED) is 0.577. The van der Waals surface area contributed by atoms with E-state index in [9.17, 15) is 26.4 Å². The number of alkyl halides is 3. The number of carbonyl (C=O) groups is 1. The van der Waals surface area contributed by atoms with E-state index in [0.717, 1.165) is 18.9 Å². The summed E-state index contributed by atoms with van der Waals surface area (Å²) in [6, 6.07) is 8.79. The van der Waals surface area contributed by atoms with Crippen LogP contribution >= 0.6 is 0 Å². The number of halogens is 3. The molecule has 12 heteroatoms. The maximum Gasteiger partial charge on any atom is 0.418 e. The molecule has 0 bridgehead atoms. The first-order valence-corrected chi connectivity index (χ1v) is 11.7. The van der Waals surface area contributed by atoms with E-state index in [0.29, 0.717) is 13.0 Å². The average Bonchev–Trinajstić information content (AvgIpc) is 3.11.